The molecular weight excluding hydrogens is 328 g/mol. The first-order valence-corrected chi connectivity index (χ1v) is 9.07. The number of fused-ring (bicyclic) bond motifs is 2. The predicted octanol–water partition coefficient (Wildman–Crippen LogP) is 3.83. The van der Waals surface area contributed by atoms with Crippen molar-refractivity contribution in [1.82, 2.24) is 10.6 Å². The van der Waals surface area contributed by atoms with E-state index in [2.05, 4.69) is 10.6 Å². The normalized spacial score (nSPS) is 24.1. The van der Waals surface area contributed by atoms with E-state index in [0.29, 0.717) is 23.6 Å². The number of hydrogen-bond acceptors (Lipinski definition) is 4. The maximum absolute atomic E-state index is 12.5. The van der Waals surface area contributed by atoms with Gasteiger partial charge in [-0.1, -0.05) is 24.3 Å². The summed E-state index contributed by atoms with van der Waals surface area (Å²) in [6, 6.07) is 16.5. The average molecular weight is 348 g/mol. The van der Waals surface area contributed by atoms with Crippen LogP contribution < -0.4 is 10.6 Å². The van der Waals surface area contributed by atoms with Crippen LogP contribution in [0.2, 0.25) is 0 Å². The highest BCUT2D eigenvalue weighted by molar-refractivity contribution is 5.92. The molecule has 0 spiro atoms. The minimum absolute atomic E-state index is 0.136. The standard InChI is InChI=1S/C21H20N2O3/c24-21(23-17-12-15-7-8-16(17)22-15)20-10-9-19(26-20)14-5-3-13(4-6-14)18-2-1-11-25-18/h1-6,9-11,15-17,22H,7-8,12H2,(H,23,24)/t15-,16+,17-/m1/s1. The van der Waals surface area contributed by atoms with Crippen LogP contribution in [-0.4, -0.2) is 24.0 Å². The fourth-order valence-corrected chi connectivity index (χ4v) is 4.08. The van der Waals surface area contributed by atoms with E-state index in [4.69, 9.17) is 8.83 Å². The van der Waals surface area contributed by atoms with Crippen molar-refractivity contribution < 1.29 is 13.6 Å². The predicted molar refractivity (Wildman–Crippen MR) is 97.7 cm³/mol. The zero-order valence-corrected chi connectivity index (χ0v) is 14.3. The Labute approximate surface area is 151 Å². The fourth-order valence-electron chi connectivity index (χ4n) is 4.08. The van der Waals surface area contributed by atoms with Crippen LogP contribution in [0.5, 0.6) is 0 Å². The number of hydrogen-bond donors (Lipinski definition) is 2. The van der Waals surface area contributed by atoms with Gasteiger partial charge in [0, 0.05) is 29.3 Å². The Balaban J connectivity index is 1.29. The topological polar surface area (TPSA) is 67.4 Å². The lowest BCUT2D eigenvalue weighted by Crippen LogP contribution is -2.42. The molecule has 4 heterocycles. The van der Waals surface area contributed by atoms with Crippen molar-refractivity contribution >= 4 is 5.91 Å². The molecule has 2 fully saturated rings. The van der Waals surface area contributed by atoms with Crippen LogP contribution in [0.3, 0.4) is 0 Å². The lowest BCUT2D eigenvalue weighted by molar-refractivity contribution is 0.0903. The van der Waals surface area contributed by atoms with Gasteiger partial charge in [0.1, 0.15) is 11.5 Å². The summed E-state index contributed by atoms with van der Waals surface area (Å²) >= 11 is 0. The number of benzene rings is 1. The molecule has 0 radical (unpaired) electrons. The number of nitrogens with one attached hydrogen (secondary N) is 2. The van der Waals surface area contributed by atoms with E-state index in [0.717, 1.165) is 29.7 Å². The van der Waals surface area contributed by atoms with Gasteiger partial charge in [0.05, 0.1) is 6.26 Å². The molecule has 2 aliphatic rings. The molecule has 2 bridgehead atoms. The summed E-state index contributed by atoms with van der Waals surface area (Å²) in [6.07, 6.45) is 5.03. The highest BCUT2D eigenvalue weighted by Crippen LogP contribution is 2.29. The van der Waals surface area contributed by atoms with Crippen molar-refractivity contribution in [2.75, 3.05) is 0 Å². The van der Waals surface area contributed by atoms with Crippen molar-refractivity contribution in [3.05, 3.63) is 60.6 Å². The minimum atomic E-state index is -0.136. The molecule has 1 aromatic carbocycles. The van der Waals surface area contributed by atoms with Crippen LogP contribution in [0.15, 0.2) is 63.6 Å². The van der Waals surface area contributed by atoms with Gasteiger partial charge < -0.3 is 19.5 Å². The summed E-state index contributed by atoms with van der Waals surface area (Å²) in [5.41, 5.74) is 1.94. The van der Waals surface area contributed by atoms with Crippen molar-refractivity contribution in [3.8, 4) is 22.6 Å². The smallest absolute Gasteiger partial charge is 0.287 e. The van der Waals surface area contributed by atoms with Gasteiger partial charge in [-0.15, -0.1) is 0 Å². The van der Waals surface area contributed by atoms with Crippen molar-refractivity contribution in [1.29, 1.82) is 0 Å². The van der Waals surface area contributed by atoms with E-state index < -0.39 is 0 Å². The molecule has 0 aliphatic carbocycles. The highest BCUT2D eigenvalue weighted by atomic mass is 16.4. The van der Waals surface area contributed by atoms with Crippen molar-refractivity contribution in [3.63, 3.8) is 0 Å². The molecular formula is C21H20N2O3. The second-order valence-electron chi connectivity index (χ2n) is 7.08. The first-order chi connectivity index (χ1) is 12.8. The lowest BCUT2D eigenvalue weighted by atomic mass is 9.95. The number of furan rings is 2. The maximum Gasteiger partial charge on any atom is 0.287 e. The fraction of sp³-hybridized carbons (Fsp3) is 0.286. The lowest BCUT2D eigenvalue weighted by Gasteiger charge is -2.20. The monoisotopic (exact) mass is 348 g/mol. The quantitative estimate of drug-likeness (QED) is 0.752. The zero-order chi connectivity index (χ0) is 17.5. The average Bonchev–Trinajstić information content (AvgIpc) is 3.46. The van der Waals surface area contributed by atoms with E-state index in [1.807, 2.05) is 42.5 Å². The molecule has 2 saturated heterocycles. The highest BCUT2D eigenvalue weighted by Gasteiger charge is 2.39. The van der Waals surface area contributed by atoms with Crippen molar-refractivity contribution in [2.24, 2.45) is 0 Å². The van der Waals surface area contributed by atoms with Gasteiger partial charge in [0.25, 0.3) is 5.91 Å². The number of carbonyl (C=O) groups is 1. The molecule has 0 saturated carbocycles. The molecule has 3 atom stereocenters. The van der Waals surface area contributed by atoms with E-state index >= 15 is 0 Å². The Kier molecular flexibility index (Phi) is 3.68. The third-order valence-corrected chi connectivity index (χ3v) is 5.42. The number of carbonyl (C=O) groups excluding carboxylic acids is 1. The molecule has 2 aliphatic heterocycles. The number of rotatable bonds is 4. The Bertz CT molecular complexity index is 911. The van der Waals surface area contributed by atoms with E-state index in [1.165, 1.54) is 6.42 Å². The molecule has 5 nitrogen and oxygen atoms in total. The first kappa shape index (κ1) is 15.5. The second kappa shape index (κ2) is 6.18. The molecule has 5 heteroatoms. The summed E-state index contributed by atoms with van der Waals surface area (Å²) in [7, 11) is 0. The van der Waals surface area contributed by atoms with Gasteiger partial charge >= 0.3 is 0 Å². The molecule has 1 amide bonds. The minimum Gasteiger partial charge on any atom is -0.464 e. The number of amides is 1. The largest absolute Gasteiger partial charge is 0.464 e. The summed E-state index contributed by atoms with van der Waals surface area (Å²) in [5, 5.41) is 6.64. The summed E-state index contributed by atoms with van der Waals surface area (Å²) in [4.78, 5) is 12.5. The zero-order valence-electron chi connectivity index (χ0n) is 14.3. The van der Waals surface area contributed by atoms with E-state index in [1.54, 1.807) is 12.3 Å². The summed E-state index contributed by atoms with van der Waals surface area (Å²) in [5.74, 6) is 1.74. The van der Waals surface area contributed by atoms with Crippen LogP contribution in [0.1, 0.15) is 29.8 Å². The Morgan fingerprint density at radius 2 is 1.81 bits per heavy atom. The molecule has 2 N–H and O–H groups in total. The van der Waals surface area contributed by atoms with Gasteiger partial charge in [-0.25, -0.2) is 0 Å². The SMILES string of the molecule is O=C(N[C@@H]1C[C@H]2CC[C@@H]1N2)c1ccc(-c2ccc(-c3ccco3)cc2)o1. The van der Waals surface area contributed by atoms with Gasteiger partial charge in [-0.05, 0) is 43.5 Å². The van der Waals surface area contributed by atoms with Crippen molar-refractivity contribution in [2.45, 2.75) is 37.4 Å². The van der Waals surface area contributed by atoms with E-state index in [9.17, 15) is 4.79 Å². The molecule has 2 aromatic heterocycles. The second-order valence-corrected chi connectivity index (χ2v) is 7.08. The summed E-state index contributed by atoms with van der Waals surface area (Å²) in [6.45, 7) is 0. The Morgan fingerprint density at radius 1 is 1.00 bits per heavy atom. The Morgan fingerprint density at radius 3 is 2.46 bits per heavy atom. The van der Waals surface area contributed by atoms with Gasteiger partial charge in [0.15, 0.2) is 5.76 Å². The molecule has 3 aromatic rings. The Hall–Kier alpha value is -2.79. The third-order valence-electron chi connectivity index (χ3n) is 5.42. The van der Waals surface area contributed by atoms with Crippen LogP contribution in [0.25, 0.3) is 22.6 Å². The first-order valence-electron chi connectivity index (χ1n) is 9.07. The van der Waals surface area contributed by atoms with Gasteiger partial charge in [-0.3, -0.25) is 4.79 Å². The van der Waals surface area contributed by atoms with Crippen LogP contribution in [0, 0.1) is 0 Å². The molecule has 132 valence electrons. The summed E-state index contributed by atoms with van der Waals surface area (Å²) < 4.78 is 11.2. The molecule has 0 unspecified atom stereocenters. The third kappa shape index (κ3) is 2.74. The molecule has 5 rings (SSSR count). The maximum atomic E-state index is 12.5. The molecule has 26 heavy (non-hydrogen) atoms. The van der Waals surface area contributed by atoms with Crippen LogP contribution in [-0.2, 0) is 0 Å². The van der Waals surface area contributed by atoms with Crippen LogP contribution in [0.4, 0.5) is 0 Å². The van der Waals surface area contributed by atoms with Crippen LogP contribution >= 0.6 is 0 Å². The van der Waals surface area contributed by atoms with Gasteiger partial charge in [0.2, 0.25) is 0 Å². The van der Waals surface area contributed by atoms with Gasteiger partial charge in [-0.2, -0.15) is 0 Å². The van der Waals surface area contributed by atoms with E-state index in [-0.39, 0.29) is 11.9 Å².